The summed E-state index contributed by atoms with van der Waals surface area (Å²) < 4.78 is 30.2. The molecule has 1 amide bonds. The summed E-state index contributed by atoms with van der Waals surface area (Å²) in [4.78, 5) is 12.3. The monoisotopic (exact) mass is 457 g/mol. The van der Waals surface area contributed by atoms with Crippen LogP contribution in [0.2, 0.25) is 5.02 Å². The Bertz CT molecular complexity index is 1140. The SMILES string of the molecule is CCc1ccc(Oc2nnc(C34CC(NC(=O)COc5ccc(Cl)c(F)c5)(C3)C4)o2)cc1. The number of carbonyl (C=O) groups is 1. The summed E-state index contributed by atoms with van der Waals surface area (Å²) in [5.41, 5.74) is 0.723. The van der Waals surface area contributed by atoms with Gasteiger partial charge in [0, 0.05) is 11.6 Å². The van der Waals surface area contributed by atoms with E-state index in [-0.39, 0.29) is 40.3 Å². The van der Waals surface area contributed by atoms with E-state index in [0.717, 1.165) is 12.5 Å². The summed E-state index contributed by atoms with van der Waals surface area (Å²) in [7, 11) is 0. The standard InChI is InChI=1S/C23H21ClFN3O4/c1-2-14-3-5-15(6-4-14)31-21-28-27-20(32-21)22-11-23(12-22,13-22)26-19(29)10-30-16-7-8-17(24)18(25)9-16/h3-9H,2,10-13H2,1H3,(H,26,29). The average Bonchev–Trinajstić information content (AvgIpc) is 3.19. The highest BCUT2D eigenvalue weighted by Gasteiger charge is 2.71. The van der Waals surface area contributed by atoms with Crippen molar-refractivity contribution in [3.8, 4) is 17.6 Å². The van der Waals surface area contributed by atoms with Crippen LogP contribution in [0.3, 0.4) is 0 Å². The van der Waals surface area contributed by atoms with Gasteiger partial charge in [0.05, 0.1) is 10.4 Å². The van der Waals surface area contributed by atoms with Gasteiger partial charge in [-0.25, -0.2) is 4.39 Å². The zero-order chi connectivity index (χ0) is 22.3. The minimum atomic E-state index is -0.591. The lowest BCUT2D eigenvalue weighted by atomic mass is 9.39. The van der Waals surface area contributed by atoms with Crippen molar-refractivity contribution in [2.24, 2.45) is 0 Å². The van der Waals surface area contributed by atoms with E-state index in [1.807, 2.05) is 24.3 Å². The van der Waals surface area contributed by atoms with Crippen LogP contribution in [-0.4, -0.2) is 28.3 Å². The minimum absolute atomic E-state index is 0.00458. The highest BCUT2D eigenvalue weighted by molar-refractivity contribution is 6.30. The highest BCUT2D eigenvalue weighted by Crippen LogP contribution is 2.67. The van der Waals surface area contributed by atoms with Gasteiger partial charge in [-0.1, -0.05) is 35.8 Å². The Hall–Kier alpha value is -3.13. The molecule has 0 saturated heterocycles. The molecule has 3 aliphatic rings. The third kappa shape index (κ3) is 3.79. The quantitative estimate of drug-likeness (QED) is 0.532. The number of rotatable bonds is 8. The Kier molecular flexibility index (Phi) is 5.04. The van der Waals surface area contributed by atoms with Gasteiger partial charge < -0.3 is 19.2 Å². The van der Waals surface area contributed by atoms with Crippen LogP contribution < -0.4 is 14.8 Å². The van der Waals surface area contributed by atoms with Crippen molar-refractivity contribution in [3.05, 3.63) is 64.8 Å². The van der Waals surface area contributed by atoms with E-state index in [2.05, 4.69) is 22.4 Å². The molecule has 1 N–H and O–H groups in total. The van der Waals surface area contributed by atoms with Crippen LogP contribution in [0.4, 0.5) is 4.39 Å². The third-order valence-corrected chi connectivity index (χ3v) is 6.40. The van der Waals surface area contributed by atoms with Crippen LogP contribution in [0.1, 0.15) is 37.6 Å². The van der Waals surface area contributed by atoms with Crippen molar-refractivity contribution in [1.29, 1.82) is 0 Å². The lowest BCUT2D eigenvalue weighted by Gasteiger charge is -2.68. The number of hydrogen-bond donors (Lipinski definition) is 1. The first-order valence-corrected chi connectivity index (χ1v) is 10.8. The van der Waals surface area contributed by atoms with Crippen molar-refractivity contribution in [3.63, 3.8) is 0 Å². The van der Waals surface area contributed by atoms with E-state index < -0.39 is 5.82 Å². The fraction of sp³-hybridized carbons (Fsp3) is 0.348. The number of aryl methyl sites for hydroxylation is 1. The van der Waals surface area contributed by atoms with Crippen molar-refractivity contribution < 1.29 is 23.1 Å². The molecule has 1 heterocycles. The van der Waals surface area contributed by atoms with Crippen LogP contribution in [0.25, 0.3) is 0 Å². The molecule has 0 spiro atoms. The molecule has 3 aromatic rings. The predicted octanol–water partition coefficient (Wildman–Crippen LogP) is 4.59. The summed E-state index contributed by atoms with van der Waals surface area (Å²) in [6.45, 7) is 1.89. The fourth-order valence-corrected chi connectivity index (χ4v) is 4.67. The molecule has 32 heavy (non-hydrogen) atoms. The van der Waals surface area contributed by atoms with E-state index in [0.29, 0.717) is 30.9 Å². The first-order valence-electron chi connectivity index (χ1n) is 10.4. The van der Waals surface area contributed by atoms with Crippen molar-refractivity contribution >= 4 is 17.5 Å². The first kappa shape index (κ1) is 20.8. The molecule has 166 valence electrons. The van der Waals surface area contributed by atoms with Gasteiger partial charge in [-0.15, -0.1) is 5.10 Å². The predicted molar refractivity (Wildman–Crippen MR) is 113 cm³/mol. The van der Waals surface area contributed by atoms with Gasteiger partial charge in [0.25, 0.3) is 5.91 Å². The minimum Gasteiger partial charge on any atom is -0.484 e. The molecule has 0 aliphatic heterocycles. The summed E-state index contributed by atoms with van der Waals surface area (Å²) in [5.74, 6) is 0.561. The molecular weight excluding hydrogens is 437 g/mol. The topological polar surface area (TPSA) is 86.5 Å². The van der Waals surface area contributed by atoms with Gasteiger partial charge in [0.1, 0.15) is 17.3 Å². The van der Waals surface area contributed by atoms with Gasteiger partial charge >= 0.3 is 6.08 Å². The Morgan fingerprint density at radius 1 is 1.16 bits per heavy atom. The third-order valence-electron chi connectivity index (χ3n) is 6.09. The Morgan fingerprint density at radius 3 is 2.56 bits per heavy atom. The molecule has 3 fully saturated rings. The molecule has 0 unspecified atom stereocenters. The second kappa shape index (κ2) is 7.78. The molecule has 2 bridgehead atoms. The van der Waals surface area contributed by atoms with E-state index in [9.17, 15) is 9.18 Å². The number of halogens is 2. The largest absolute Gasteiger partial charge is 0.484 e. The second-order valence-electron chi connectivity index (χ2n) is 8.48. The summed E-state index contributed by atoms with van der Waals surface area (Å²) in [6.07, 6.45) is 3.21. The number of nitrogens with one attached hydrogen (secondary N) is 1. The molecule has 3 aliphatic carbocycles. The Morgan fingerprint density at radius 2 is 1.88 bits per heavy atom. The van der Waals surface area contributed by atoms with Gasteiger partial charge in [-0.05, 0) is 55.5 Å². The molecule has 9 heteroatoms. The van der Waals surface area contributed by atoms with Crippen LogP contribution in [0.15, 0.2) is 46.9 Å². The molecular formula is C23H21ClFN3O4. The number of nitrogens with zero attached hydrogens (tertiary/aromatic N) is 2. The summed E-state index contributed by atoms with van der Waals surface area (Å²) in [5, 5.41) is 11.2. The Labute approximate surface area is 188 Å². The number of aromatic nitrogens is 2. The van der Waals surface area contributed by atoms with Crippen LogP contribution in [-0.2, 0) is 16.6 Å². The normalized spacial score (nSPS) is 23.1. The zero-order valence-electron chi connectivity index (χ0n) is 17.4. The second-order valence-corrected chi connectivity index (χ2v) is 8.88. The maximum atomic E-state index is 13.5. The smallest absolute Gasteiger partial charge is 0.420 e. The summed E-state index contributed by atoms with van der Waals surface area (Å²) >= 11 is 5.64. The number of carbonyl (C=O) groups excluding carboxylic acids is 1. The van der Waals surface area contributed by atoms with E-state index in [4.69, 9.17) is 25.5 Å². The van der Waals surface area contributed by atoms with Gasteiger partial charge in [-0.3, -0.25) is 4.79 Å². The van der Waals surface area contributed by atoms with Crippen molar-refractivity contribution in [2.75, 3.05) is 6.61 Å². The molecule has 7 nitrogen and oxygen atoms in total. The Balaban J connectivity index is 1.12. The summed E-state index contributed by atoms with van der Waals surface area (Å²) in [6, 6.07) is 11.8. The maximum absolute atomic E-state index is 13.5. The van der Waals surface area contributed by atoms with Gasteiger partial charge in [-0.2, -0.15) is 0 Å². The van der Waals surface area contributed by atoms with Gasteiger partial charge in [0.15, 0.2) is 6.61 Å². The van der Waals surface area contributed by atoms with E-state index in [1.54, 1.807) is 0 Å². The van der Waals surface area contributed by atoms with Gasteiger partial charge in [0.2, 0.25) is 5.89 Å². The van der Waals surface area contributed by atoms with Crippen molar-refractivity contribution in [1.82, 2.24) is 15.5 Å². The molecule has 0 radical (unpaired) electrons. The number of amides is 1. The van der Waals surface area contributed by atoms with Crippen molar-refractivity contribution in [2.45, 2.75) is 43.6 Å². The fourth-order valence-electron chi connectivity index (χ4n) is 4.55. The van der Waals surface area contributed by atoms with Crippen LogP contribution in [0, 0.1) is 5.82 Å². The molecule has 1 aromatic heterocycles. The number of benzene rings is 2. The number of ether oxygens (including phenoxy) is 2. The lowest BCUT2D eigenvalue weighted by molar-refractivity contribution is -0.143. The number of hydrogen-bond acceptors (Lipinski definition) is 6. The molecule has 0 atom stereocenters. The first-order chi connectivity index (χ1) is 15.4. The van der Waals surface area contributed by atoms with Crippen LogP contribution in [0.5, 0.6) is 17.6 Å². The zero-order valence-corrected chi connectivity index (χ0v) is 18.1. The maximum Gasteiger partial charge on any atom is 0.420 e. The average molecular weight is 458 g/mol. The van der Waals surface area contributed by atoms with Crippen LogP contribution >= 0.6 is 11.6 Å². The molecule has 3 saturated carbocycles. The highest BCUT2D eigenvalue weighted by atomic mass is 35.5. The lowest BCUT2D eigenvalue weighted by Crippen LogP contribution is -2.77. The molecule has 2 aromatic carbocycles. The molecule has 6 rings (SSSR count). The van der Waals surface area contributed by atoms with E-state index >= 15 is 0 Å². The van der Waals surface area contributed by atoms with E-state index in [1.165, 1.54) is 17.7 Å².